The zero-order valence-electron chi connectivity index (χ0n) is 8.88. The molecule has 0 saturated heterocycles. The molecule has 2 rings (SSSR count). The third kappa shape index (κ3) is 2.94. The minimum atomic E-state index is -0.525. The summed E-state index contributed by atoms with van der Waals surface area (Å²) in [5.74, 6) is -1.05. The third-order valence-electron chi connectivity index (χ3n) is 2.39. The Balaban J connectivity index is 2.16. The summed E-state index contributed by atoms with van der Waals surface area (Å²) in [7, 11) is 0. The maximum atomic E-state index is 13.4. The summed E-state index contributed by atoms with van der Waals surface area (Å²) in [4.78, 5) is 0. The van der Waals surface area contributed by atoms with Gasteiger partial charge in [0.1, 0.15) is 11.6 Å². The van der Waals surface area contributed by atoms with E-state index in [-0.39, 0.29) is 12.1 Å². The van der Waals surface area contributed by atoms with Crippen LogP contribution in [0.4, 0.5) is 14.5 Å². The van der Waals surface area contributed by atoms with Crippen LogP contribution in [-0.2, 0) is 6.54 Å². The Hall–Kier alpha value is -1.17. The number of hydrogen-bond acceptors (Lipinski definition) is 1. The van der Waals surface area contributed by atoms with E-state index < -0.39 is 11.6 Å². The molecular formula is C13H10F2IN. The molecule has 0 spiro atoms. The Labute approximate surface area is 112 Å². The summed E-state index contributed by atoms with van der Waals surface area (Å²) in [6.07, 6.45) is 0. The maximum absolute atomic E-state index is 13.4. The number of para-hydroxylation sites is 1. The molecule has 0 fully saturated rings. The van der Waals surface area contributed by atoms with Crippen molar-refractivity contribution >= 4 is 28.3 Å². The lowest BCUT2D eigenvalue weighted by molar-refractivity contribution is 0.560. The highest BCUT2D eigenvalue weighted by molar-refractivity contribution is 14.1. The van der Waals surface area contributed by atoms with Gasteiger partial charge in [0.05, 0.1) is 0 Å². The van der Waals surface area contributed by atoms with Crippen LogP contribution in [-0.4, -0.2) is 0 Å². The van der Waals surface area contributed by atoms with Gasteiger partial charge in [0, 0.05) is 21.4 Å². The van der Waals surface area contributed by atoms with Gasteiger partial charge in [-0.1, -0.05) is 18.2 Å². The van der Waals surface area contributed by atoms with Gasteiger partial charge in [-0.15, -0.1) is 0 Å². The van der Waals surface area contributed by atoms with Crippen LogP contribution in [0.3, 0.4) is 0 Å². The van der Waals surface area contributed by atoms with E-state index in [1.165, 1.54) is 18.2 Å². The van der Waals surface area contributed by atoms with Crippen molar-refractivity contribution < 1.29 is 8.78 Å². The van der Waals surface area contributed by atoms with Crippen molar-refractivity contribution in [3.63, 3.8) is 0 Å². The smallest absolute Gasteiger partial charge is 0.131 e. The van der Waals surface area contributed by atoms with Crippen LogP contribution >= 0.6 is 22.6 Å². The van der Waals surface area contributed by atoms with Gasteiger partial charge >= 0.3 is 0 Å². The SMILES string of the molecule is Fc1cccc(F)c1CNc1ccccc1I. The van der Waals surface area contributed by atoms with Gasteiger partial charge in [0.25, 0.3) is 0 Å². The zero-order chi connectivity index (χ0) is 12.3. The van der Waals surface area contributed by atoms with Crippen molar-refractivity contribution in [1.82, 2.24) is 0 Å². The van der Waals surface area contributed by atoms with E-state index in [0.717, 1.165) is 9.26 Å². The van der Waals surface area contributed by atoms with E-state index in [1.54, 1.807) is 0 Å². The summed E-state index contributed by atoms with van der Waals surface area (Å²) < 4.78 is 27.8. The van der Waals surface area contributed by atoms with Crippen LogP contribution in [0.2, 0.25) is 0 Å². The molecule has 2 aromatic carbocycles. The monoisotopic (exact) mass is 345 g/mol. The molecule has 0 heterocycles. The molecule has 4 heteroatoms. The Bertz CT molecular complexity index is 508. The molecule has 0 atom stereocenters. The van der Waals surface area contributed by atoms with Gasteiger partial charge in [-0.05, 0) is 46.9 Å². The second-order valence-electron chi connectivity index (χ2n) is 3.53. The standard InChI is InChI=1S/C13H10F2IN/c14-10-4-3-5-11(15)9(10)8-17-13-7-2-1-6-12(13)16/h1-7,17H,8H2. The fourth-order valence-electron chi connectivity index (χ4n) is 1.49. The van der Waals surface area contributed by atoms with Crippen LogP contribution < -0.4 is 5.32 Å². The van der Waals surface area contributed by atoms with E-state index in [1.807, 2.05) is 24.3 Å². The van der Waals surface area contributed by atoms with Crippen molar-refractivity contribution in [2.75, 3.05) is 5.32 Å². The highest BCUT2D eigenvalue weighted by Crippen LogP contribution is 2.19. The Morgan fingerprint density at radius 2 is 1.59 bits per heavy atom. The van der Waals surface area contributed by atoms with Crippen molar-refractivity contribution in [2.24, 2.45) is 0 Å². The van der Waals surface area contributed by atoms with Crippen LogP contribution in [0, 0.1) is 15.2 Å². The average Bonchev–Trinajstić information content (AvgIpc) is 2.30. The van der Waals surface area contributed by atoms with Crippen LogP contribution in [0.25, 0.3) is 0 Å². The molecule has 0 aliphatic carbocycles. The fraction of sp³-hybridized carbons (Fsp3) is 0.0769. The predicted octanol–water partition coefficient (Wildman–Crippen LogP) is 4.18. The second kappa shape index (κ2) is 5.44. The van der Waals surface area contributed by atoms with Crippen molar-refractivity contribution in [3.8, 4) is 0 Å². The summed E-state index contributed by atoms with van der Waals surface area (Å²) in [6, 6.07) is 11.5. The number of benzene rings is 2. The maximum Gasteiger partial charge on any atom is 0.131 e. The number of nitrogens with one attached hydrogen (secondary N) is 1. The van der Waals surface area contributed by atoms with Crippen molar-refractivity contribution in [2.45, 2.75) is 6.54 Å². The molecule has 0 unspecified atom stereocenters. The van der Waals surface area contributed by atoms with Gasteiger partial charge in [0.2, 0.25) is 0 Å². The Kier molecular flexibility index (Phi) is 3.93. The zero-order valence-corrected chi connectivity index (χ0v) is 11.0. The molecule has 0 aliphatic rings. The van der Waals surface area contributed by atoms with Gasteiger partial charge in [-0.2, -0.15) is 0 Å². The topological polar surface area (TPSA) is 12.0 Å². The van der Waals surface area contributed by atoms with Crippen molar-refractivity contribution in [1.29, 1.82) is 0 Å². The van der Waals surface area contributed by atoms with E-state index in [2.05, 4.69) is 27.9 Å². The van der Waals surface area contributed by atoms with Gasteiger partial charge in [-0.25, -0.2) is 8.78 Å². The second-order valence-corrected chi connectivity index (χ2v) is 4.70. The first-order valence-electron chi connectivity index (χ1n) is 5.10. The molecule has 17 heavy (non-hydrogen) atoms. The highest BCUT2D eigenvalue weighted by atomic mass is 127. The first kappa shape index (κ1) is 12.3. The minimum absolute atomic E-state index is 0.0622. The molecule has 1 N–H and O–H groups in total. The molecule has 0 radical (unpaired) electrons. The fourth-order valence-corrected chi connectivity index (χ4v) is 2.07. The predicted molar refractivity (Wildman–Crippen MR) is 72.8 cm³/mol. The molecule has 0 bridgehead atoms. The van der Waals surface area contributed by atoms with Crippen LogP contribution in [0.1, 0.15) is 5.56 Å². The summed E-state index contributed by atoms with van der Waals surface area (Å²) >= 11 is 2.17. The molecule has 88 valence electrons. The lowest BCUT2D eigenvalue weighted by atomic mass is 10.2. The van der Waals surface area contributed by atoms with Crippen LogP contribution in [0.15, 0.2) is 42.5 Å². The molecule has 0 saturated carbocycles. The molecular weight excluding hydrogens is 335 g/mol. The summed E-state index contributed by atoms with van der Waals surface area (Å²) in [6.45, 7) is 0.137. The van der Waals surface area contributed by atoms with E-state index in [9.17, 15) is 8.78 Å². The van der Waals surface area contributed by atoms with Gasteiger partial charge < -0.3 is 5.32 Å². The average molecular weight is 345 g/mol. The van der Waals surface area contributed by atoms with Crippen LogP contribution in [0.5, 0.6) is 0 Å². The quantitative estimate of drug-likeness (QED) is 0.823. The summed E-state index contributed by atoms with van der Waals surface area (Å²) in [5.41, 5.74) is 0.933. The third-order valence-corrected chi connectivity index (χ3v) is 3.33. The van der Waals surface area contributed by atoms with E-state index in [0.29, 0.717) is 0 Å². The lowest BCUT2D eigenvalue weighted by Gasteiger charge is -2.09. The molecule has 0 aromatic heterocycles. The lowest BCUT2D eigenvalue weighted by Crippen LogP contribution is -2.05. The van der Waals surface area contributed by atoms with E-state index in [4.69, 9.17) is 0 Å². The highest BCUT2D eigenvalue weighted by Gasteiger charge is 2.08. The normalized spacial score (nSPS) is 10.3. The Morgan fingerprint density at radius 3 is 2.24 bits per heavy atom. The number of halogens is 3. The van der Waals surface area contributed by atoms with E-state index >= 15 is 0 Å². The number of rotatable bonds is 3. The Morgan fingerprint density at radius 1 is 0.941 bits per heavy atom. The molecule has 2 aromatic rings. The first-order valence-corrected chi connectivity index (χ1v) is 6.17. The van der Waals surface area contributed by atoms with Crippen molar-refractivity contribution in [3.05, 3.63) is 63.2 Å². The first-order chi connectivity index (χ1) is 8.18. The largest absolute Gasteiger partial charge is 0.380 e. The molecule has 0 aliphatic heterocycles. The number of anilines is 1. The minimum Gasteiger partial charge on any atom is -0.380 e. The molecule has 0 amide bonds. The van der Waals surface area contributed by atoms with Gasteiger partial charge in [-0.3, -0.25) is 0 Å². The number of hydrogen-bond donors (Lipinski definition) is 1. The summed E-state index contributed by atoms with van der Waals surface area (Å²) in [5, 5.41) is 3.02. The molecule has 1 nitrogen and oxygen atoms in total. The van der Waals surface area contributed by atoms with Gasteiger partial charge in [0.15, 0.2) is 0 Å².